The minimum absolute atomic E-state index is 0.0200. The molecule has 15 heavy (non-hydrogen) atoms. The number of rotatable bonds is 8. The average molecular weight is 210 g/mol. The van der Waals surface area contributed by atoms with Crippen molar-refractivity contribution in [1.29, 1.82) is 0 Å². The topological polar surface area (TPSA) is 34.1 Å². The summed E-state index contributed by atoms with van der Waals surface area (Å²) in [5.74, 6) is -0.529. The van der Waals surface area contributed by atoms with E-state index >= 15 is 0 Å². The fourth-order valence-corrected chi connectivity index (χ4v) is 1.94. The first-order valence-electron chi connectivity index (χ1n) is 5.68. The Morgan fingerprint density at radius 2 is 1.73 bits per heavy atom. The van der Waals surface area contributed by atoms with Gasteiger partial charge in [-0.3, -0.25) is 9.59 Å². The largest absolute Gasteiger partial charge is 0.299 e. The van der Waals surface area contributed by atoms with Gasteiger partial charge < -0.3 is 0 Å². The summed E-state index contributed by atoms with van der Waals surface area (Å²) in [5.41, 5.74) is 0. The first-order valence-corrected chi connectivity index (χ1v) is 5.68. The van der Waals surface area contributed by atoms with Crippen LogP contribution in [0.15, 0.2) is 12.7 Å². The van der Waals surface area contributed by atoms with E-state index in [1.165, 1.54) is 13.8 Å². The summed E-state index contributed by atoms with van der Waals surface area (Å²) < 4.78 is 0. The first kappa shape index (κ1) is 14.1. The van der Waals surface area contributed by atoms with Gasteiger partial charge in [-0.2, -0.15) is 0 Å². The number of ketones is 2. The molecule has 0 radical (unpaired) electrons. The van der Waals surface area contributed by atoms with Gasteiger partial charge in [0.25, 0.3) is 0 Å². The molecule has 0 saturated carbocycles. The monoisotopic (exact) mass is 210 g/mol. The van der Waals surface area contributed by atoms with Gasteiger partial charge >= 0.3 is 0 Å². The van der Waals surface area contributed by atoms with Crippen molar-refractivity contribution in [3.63, 3.8) is 0 Å². The smallest absolute Gasteiger partial charge is 0.140 e. The molecule has 0 aromatic rings. The third-order valence-corrected chi connectivity index (χ3v) is 2.75. The van der Waals surface area contributed by atoms with Crippen molar-refractivity contribution in [2.24, 2.45) is 11.8 Å². The van der Waals surface area contributed by atoms with Crippen LogP contribution in [0.4, 0.5) is 0 Å². The van der Waals surface area contributed by atoms with Crippen LogP contribution in [0.3, 0.4) is 0 Å². The lowest BCUT2D eigenvalue weighted by atomic mass is 9.83. The molecule has 0 aromatic carbocycles. The van der Waals surface area contributed by atoms with E-state index in [0.29, 0.717) is 0 Å². The van der Waals surface area contributed by atoms with Crippen molar-refractivity contribution in [3.8, 4) is 0 Å². The fourth-order valence-electron chi connectivity index (χ4n) is 1.94. The first-order chi connectivity index (χ1) is 7.04. The highest BCUT2D eigenvalue weighted by Crippen LogP contribution is 2.22. The molecule has 0 amide bonds. The zero-order valence-corrected chi connectivity index (χ0v) is 10.1. The van der Waals surface area contributed by atoms with Gasteiger partial charge in [0, 0.05) is 0 Å². The van der Waals surface area contributed by atoms with Crippen molar-refractivity contribution in [2.75, 3.05) is 0 Å². The standard InChI is InChI=1S/C13H22O2/c1-5-7-8-9-12(6-2)13(10(3)14)11(4)15/h6,12-13H,2,5,7-9H2,1,3-4H3. The number of carbonyl (C=O) groups is 2. The molecule has 1 unspecified atom stereocenters. The minimum Gasteiger partial charge on any atom is -0.299 e. The van der Waals surface area contributed by atoms with Crippen LogP contribution in [0, 0.1) is 11.8 Å². The average Bonchev–Trinajstić information content (AvgIpc) is 2.15. The Morgan fingerprint density at radius 1 is 1.20 bits per heavy atom. The van der Waals surface area contributed by atoms with E-state index < -0.39 is 5.92 Å². The Kier molecular flexibility index (Phi) is 6.93. The Labute approximate surface area is 92.8 Å². The summed E-state index contributed by atoms with van der Waals surface area (Å²) in [6, 6.07) is 0. The SMILES string of the molecule is C=CC(CCCCC)C(C(C)=O)C(C)=O. The van der Waals surface area contributed by atoms with Crippen LogP contribution < -0.4 is 0 Å². The highest BCUT2D eigenvalue weighted by Gasteiger charge is 2.26. The highest BCUT2D eigenvalue weighted by molar-refractivity contribution is 6.00. The fraction of sp³-hybridized carbons (Fsp3) is 0.692. The van der Waals surface area contributed by atoms with E-state index in [1.54, 1.807) is 6.08 Å². The molecule has 0 N–H and O–H groups in total. The highest BCUT2D eigenvalue weighted by atomic mass is 16.1. The van der Waals surface area contributed by atoms with E-state index in [0.717, 1.165) is 25.7 Å². The molecule has 0 heterocycles. The lowest BCUT2D eigenvalue weighted by Gasteiger charge is -2.19. The molecule has 0 fully saturated rings. The number of carbonyl (C=O) groups excluding carboxylic acids is 2. The van der Waals surface area contributed by atoms with E-state index in [9.17, 15) is 9.59 Å². The molecule has 0 spiro atoms. The predicted molar refractivity (Wildman–Crippen MR) is 62.7 cm³/mol. The molecule has 0 bridgehead atoms. The number of hydrogen-bond acceptors (Lipinski definition) is 2. The van der Waals surface area contributed by atoms with Gasteiger partial charge in [0.2, 0.25) is 0 Å². The van der Waals surface area contributed by atoms with Gasteiger partial charge in [-0.15, -0.1) is 6.58 Å². The number of Topliss-reactive ketones (excluding diaryl/α,β-unsaturated/α-hetero) is 2. The predicted octanol–water partition coefficient (Wildman–Crippen LogP) is 3.16. The van der Waals surface area contributed by atoms with Crippen LogP contribution in [0.25, 0.3) is 0 Å². The molecule has 2 heteroatoms. The lowest BCUT2D eigenvalue weighted by molar-refractivity contribution is -0.132. The summed E-state index contributed by atoms with van der Waals surface area (Å²) in [6.45, 7) is 8.83. The molecular weight excluding hydrogens is 188 g/mol. The van der Waals surface area contributed by atoms with Gasteiger partial charge in [0.1, 0.15) is 11.6 Å². The second-order valence-corrected chi connectivity index (χ2v) is 4.09. The van der Waals surface area contributed by atoms with Crippen LogP contribution in [-0.4, -0.2) is 11.6 Å². The van der Waals surface area contributed by atoms with Crippen LogP contribution >= 0.6 is 0 Å². The number of hydrogen-bond donors (Lipinski definition) is 0. The molecule has 0 aliphatic heterocycles. The second kappa shape index (κ2) is 7.38. The van der Waals surface area contributed by atoms with Gasteiger partial charge in [-0.25, -0.2) is 0 Å². The normalized spacial score (nSPS) is 12.5. The minimum atomic E-state index is -0.473. The van der Waals surface area contributed by atoms with Crippen molar-refractivity contribution < 1.29 is 9.59 Å². The van der Waals surface area contributed by atoms with Gasteiger partial charge in [0.05, 0.1) is 5.92 Å². The molecule has 0 rings (SSSR count). The van der Waals surface area contributed by atoms with Crippen molar-refractivity contribution >= 4 is 11.6 Å². The summed E-state index contributed by atoms with van der Waals surface area (Å²) in [4.78, 5) is 22.7. The summed E-state index contributed by atoms with van der Waals surface area (Å²) in [5, 5.41) is 0. The van der Waals surface area contributed by atoms with E-state index in [4.69, 9.17) is 0 Å². The van der Waals surface area contributed by atoms with E-state index in [1.807, 2.05) is 0 Å². The third-order valence-electron chi connectivity index (χ3n) is 2.75. The Balaban J connectivity index is 4.39. The molecule has 86 valence electrons. The maximum Gasteiger partial charge on any atom is 0.140 e. The number of allylic oxidation sites excluding steroid dienone is 1. The van der Waals surface area contributed by atoms with Gasteiger partial charge in [-0.05, 0) is 26.2 Å². The van der Waals surface area contributed by atoms with Crippen LogP contribution in [0.2, 0.25) is 0 Å². The molecule has 0 saturated heterocycles. The second-order valence-electron chi connectivity index (χ2n) is 4.09. The van der Waals surface area contributed by atoms with Gasteiger partial charge in [0.15, 0.2) is 0 Å². The maximum atomic E-state index is 11.3. The van der Waals surface area contributed by atoms with Crippen molar-refractivity contribution in [3.05, 3.63) is 12.7 Å². The van der Waals surface area contributed by atoms with E-state index in [-0.39, 0.29) is 17.5 Å². The van der Waals surface area contributed by atoms with Crippen LogP contribution in [-0.2, 0) is 9.59 Å². The molecule has 0 aromatic heterocycles. The van der Waals surface area contributed by atoms with E-state index in [2.05, 4.69) is 13.5 Å². The number of unbranched alkanes of at least 4 members (excludes halogenated alkanes) is 2. The van der Waals surface area contributed by atoms with Crippen LogP contribution in [0.5, 0.6) is 0 Å². The molecule has 0 aliphatic rings. The Bertz CT molecular complexity index is 217. The molecular formula is C13H22O2. The maximum absolute atomic E-state index is 11.3. The Morgan fingerprint density at radius 3 is 2.07 bits per heavy atom. The third kappa shape index (κ3) is 4.91. The summed E-state index contributed by atoms with van der Waals surface area (Å²) in [6.07, 6.45) is 6.00. The molecule has 0 aliphatic carbocycles. The van der Waals surface area contributed by atoms with Gasteiger partial charge in [-0.1, -0.05) is 32.3 Å². The zero-order chi connectivity index (χ0) is 11.8. The lowest BCUT2D eigenvalue weighted by Crippen LogP contribution is -2.27. The van der Waals surface area contributed by atoms with Crippen molar-refractivity contribution in [2.45, 2.75) is 46.5 Å². The quantitative estimate of drug-likeness (QED) is 0.350. The summed E-state index contributed by atoms with van der Waals surface area (Å²) >= 11 is 0. The Hall–Kier alpha value is -0.920. The summed E-state index contributed by atoms with van der Waals surface area (Å²) in [7, 11) is 0. The zero-order valence-electron chi connectivity index (χ0n) is 10.1. The van der Waals surface area contributed by atoms with Crippen molar-refractivity contribution in [1.82, 2.24) is 0 Å². The molecule has 2 nitrogen and oxygen atoms in total. The van der Waals surface area contributed by atoms with Crippen LogP contribution in [0.1, 0.15) is 46.5 Å². The molecule has 1 atom stereocenters.